The van der Waals surface area contributed by atoms with Crippen LogP contribution < -0.4 is 11.3 Å². The van der Waals surface area contributed by atoms with Crippen molar-refractivity contribution >= 4 is 5.91 Å². The highest BCUT2D eigenvalue weighted by Crippen LogP contribution is 2.32. The minimum atomic E-state index is -0.429. The number of aryl methyl sites for hydroxylation is 2. The third-order valence-electron chi connectivity index (χ3n) is 7.36. The fourth-order valence-electron chi connectivity index (χ4n) is 5.29. The molecule has 0 aliphatic rings. The standard InChI is InChI=1S/C34H40N4O2/c1-23(2)31(37(20-10-19-35)34(40)28-17-15-24(3)16-18-28)32-36-33(39)30(29-14-9-11-25(4)21-29)26(5)38(32)22-27-12-7-6-8-13-27/h6-9,11-18,21,23,31H,10,19-20,22,35H2,1-5H3. The van der Waals surface area contributed by atoms with E-state index in [1.54, 1.807) is 0 Å². The number of benzene rings is 3. The summed E-state index contributed by atoms with van der Waals surface area (Å²) >= 11 is 0. The van der Waals surface area contributed by atoms with Crippen molar-refractivity contribution in [1.82, 2.24) is 14.5 Å². The zero-order valence-electron chi connectivity index (χ0n) is 24.2. The van der Waals surface area contributed by atoms with Crippen molar-refractivity contribution in [3.63, 3.8) is 0 Å². The monoisotopic (exact) mass is 536 g/mol. The van der Waals surface area contributed by atoms with Gasteiger partial charge >= 0.3 is 0 Å². The normalized spacial score (nSPS) is 12.0. The molecule has 0 aliphatic heterocycles. The summed E-state index contributed by atoms with van der Waals surface area (Å²) in [6, 6.07) is 25.3. The first-order valence-electron chi connectivity index (χ1n) is 14.0. The quantitative estimate of drug-likeness (QED) is 0.267. The first-order valence-corrected chi connectivity index (χ1v) is 14.0. The van der Waals surface area contributed by atoms with Gasteiger partial charge in [-0.05, 0) is 62.9 Å². The van der Waals surface area contributed by atoms with Crippen molar-refractivity contribution in [2.45, 2.75) is 53.6 Å². The molecule has 4 aromatic rings. The third-order valence-corrected chi connectivity index (χ3v) is 7.36. The minimum Gasteiger partial charge on any atom is -0.330 e. The number of hydrogen-bond acceptors (Lipinski definition) is 4. The van der Waals surface area contributed by atoms with Crippen LogP contribution in [0.5, 0.6) is 0 Å². The SMILES string of the molecule is Cc1ccc(C(=O)N(CCCN)C(c2nc(=O)c(-c3cccc(C)c3)c(C)n2Cc2ccccc2)C(C)C)cc1. The highest BCUT2D eigenvalue weighted by Gasteiger charge is 2.33. The molecule has 6 nitrogen and oxygen atoms in total. The predicted molar refractivity (Wildman–Crippen MR) is 162 cm³/mol. The van der Waals surface area contributed by atoms with Gasteiger partial charge in [-0.3, -0.25) is 9.59 Å². The zero-order valence-corrected chi connectivity index (χ0v) is 24.2. The Morgan fingerprint density at radius 3 is 2.25 bits per heavy atom. The van der Waals surface area contributed by atoms with Crippen molar-refractivity contribution in [2.75, 3.05) is 13.1 Å². The van der Waals surface area contributed by atoms with Gasteiger partial charge in [0.1, 0.15) is 5.82 Å². The van der Waals surface area contributed by atoms with Gasteiger partial charge in [0.25, 0.3) is 11.5 Å². The van der Waals surface area contributed by atoms with Crippen LogP contribution in [0.3, 0.4) is 0 Å². The molecule has 1 amide bonds. The van der Waals surface area contributed by atoms with Crippen LogP contribution in [0.1, 0.15) is 64.9 Å². The molecular formula is C34H40N4O2. The van der Waals surface area contributed by atoms with Crippen LogP contribution in [-0.2, 0) is 6.54 Å². The summed E-state index contributed by atoms with van der Waals surface area (Å²) in [5.41, 5.74) is 11.8. The van der Waals surface area contributed by atoms with E-state index in [1.165, 1.54) is 0 Å². The van der Waals surface area contributed by atoms with E-state index < -0.39 is 6.04 Å². The van der Waals surface area contributed by atoms with Gasteiger partial charge < -0.3 is 15.2 Å². The largest absolute Gasteiger partial charge is 0.330 e. The van der Waals surface area contributed by atoms with Crippen LogP contribution in [0.2, 0.25) is 0 Å². The second-order valence-corrected chi connectivity index (χ2v) is 10.9. The van der Waals surface area contributed by atoms with Gasteiger partial charge in [-0.1, -0.05) is 91.7 Å². The first-order chi connectivity index (χ1) is 19.2. The Bertz CT molecular complexity index is 1510. The molecular weight excluding hydrogens is 496 g/mol. The van der Waals surface area contributed by atoms with Crippen LogP contribution in [0, 0.1) is 26.7 Å². The Balaban J connectivity index is 1.94. The maximum Gasteiger partial charge on any atom is 0.281 e. The molecule has 0 saturated heterocycles. The van der Waals surface area contributed by atoms with Crippen LogP contribution in [0.4, 0.5) is 0 Å². The molecule has 6 heteroatoms. The molecule has 0 spiro atoms. The van der Waals surface area contributed by atoms with E-state index in [0.717, 1.165) is 27.9 Å². The van der Waals surface area contributed by atoms with Gasteiger partial charge in [-0.15, -0.1) is 0 Å². The number of nitrogens with zero attached hydrogens (tertiary/aromatic N) is 3. The van der Waals surface area contributed by atoms with E-state index in [2.05, 4.69) is 30.5 Å². The number of carbonyl (C=O) groups is 1. The summed E-state index contributed by atoms with van der Waals surface area (Å²) in [6.45, 7) is 11.6. The second kappa shape index (κ2) is 12.9. The molecule has 1 unspecified atom stereocenters. The highest BCUT2D eigenvalue weighted by molar-refractivity contribution is 5.94. The lowest BCUT2D eigenvalue weighted by atomic mass is 9.97. The second-order valence-electron chi connectivity index (χ2n) is 10.9. The number of hydrogen-bond donors (Lipinski definition) is 1. The molecule has 1 heterocycles. The van der Waals surface area contributed by atoms with Gasteiger partial charge in [0.15, 0.2) is 0 Å². The van der Waals surface area contributed by atoms with Crippen LogP contribution in [0.25, 0.3) is 11.1 Å². The van der Waals surface area contributed by atoms with Crippen molar-refractivity contribution < 1.29 is 4.79 Å². The van der Waals surface area contributed by atoms with Crippen LogP contribution >= 0.6 is 0 Å². The smallest absolute Gasteiger partial charge is 0.281 e. The third kappa shape index (κ3) is 6.40. The summed E-state index contributed by atoms with van der Waals surface area (Å²) in [5.74, 6) is 0.494. The molecule has 2 N–H and O–H groups in total. The minimum absolute atomic E-state index is 0.00897. The van der Waals surface area contributed by atoms with Gasteiger partial charge in [0.05, 0.1) is 11.6 Å². The maximum atomic E-state index is 14.0. The van der Waals surface area contributed by atoms with Gasteiger partial charge in [-0.2, -0.15) is 4.98 Å². The average Bonchev–Trinajstić information content (AvgIpc) is 2.93. The van der Waals surface area contributed by atoms with E-state index in [-0.39, 0.29) is 17.4 Å². The van der Waals surface area contributed by atoms with Gasteiger partial charge in [0, 0.05) is 24.3 Å². The first kappa shape index (κ1) is 29.0. The van der Waals surface area contributed by atoms with Crippen molar-refractivity contribution in [3.05, 3.63) is 123 Å². The molecule has 0 bridgehead atoms. The summed E-state index contributed by atoms with van der Waals surface area (Å²) in [6.07, 6.45) is 0.643. The van der Waals surface area contributed by atoms with E-state index in [9.17, 15) is 9.59 Å². The Morgan fingerprint density at radius 1 is 0.925 bits per heavy atom. The lowest BCUT2D eigenvalue weighted by molar-refractivity contribution is 0.0602. The van der Waals surface area contributed by atoms with Crippen molar-refractivity contribution in [2.24, 2.45) is 11.7 Å². The summed E-state index contributed by atoms with van der Waals surface area (Å²) in [7, 11) is 0. The van der Waals surface area contributed by atoms with E-state index in [1.807, 2.05) is 92.4 Å². The van der Waals surface area contributed by atoms with Gasteiger partial charge in [0.2, 0.25) is 0 Å². The highest BCUT2D eigenvalue weighted by atomic mass is 16.2. The molecule has 1 aromatic heterocycles. The summed E-state index contributed by atoms with van der Waals surface area (Å²) < 4.78 is 2.12. The topological polar surface area (TPSA) is 81.2 Å². The maximum absolute atomic E-state index is 14.0. The number of carbonyl (C=O) groups excluding carboxylic acids is 1. The molecule has 0 radical (unpaired) electrons. The molecule has 4 rings (SSSR count). The Labute approximate surface area is 237 Å². The van der Waals surface area contributed by atoms with Gasteiger partial charge in [-0.25, -0.2) is 0 Å². The lowest BCUT2D eigenvalue weighted by Crippen LogP contribution is -2.42. The molecule has 0 fully saturated rings. The van der Waals surface area contributed by atoms with E-state index in [0.29, 0.717) is 43.0 Å². The predicted octanol–water partition coefficient (Wildman–Crippen LogP) is 6.07. The molecule has 1 atom stereocenters. The lowest BCUT2D eigenvalue weighted by Gasteiger charge is -2.36. The van der Waals surface area contributed by atoms with Crippen molar-refractivity contribution in [1.29, 1.82) is 0 Å². The molecule has 208 valence electrons. The zero-order chi connectivity index (χ0) is 28.8. The Morgan fingerprint density at radius 2 is 1.62 bits per heavy atom. The number of rotatable bonds is 10. The number of aromatic nitrogens is 2. The fraction of sp³-hybridized carbons (Fsp3) is 0.324. The van der Waals surface area contributed by atoms with Crippen LogP contribution in [0.15, 0.2) is 83.7 Å². The van der Waals surface area contributed by atoms with E-state index >= 15 is 0 Å². The number of nitrogens with two attached hydrogens (primary N) is 1. The Kier molecular flexibility index (Phi) is 9.33. The van der Waals surface area contributed by atoms with E-state index in [4.69, 9.17) is 10.7 Å². The average molecular weight is 537 g/mol. The van der Waals surface area contributed by atoms with Crippen molar-refractivity contribution in [3.8, 4) is 11.1 Å². The fourth-order valence-corrected chi connectivity index (χ4v) is 5.29. The molecule has 0 saturated carbocycles. The molecule has 0 aliphatic carbocycles. The molecule has 40 heavy (non-hydrogen) atoms. The Hall–Kier alpha value is -4.03. The van der Waals surface area contributed by atoms with Crippen LogP contribution in [-0.4, -0.2) is 33.4 Å². The summed E-state index contributed by atoms with van der Waals surface area (Å²) in [5, 5.41) is 0. The number of amides is 1. The molecule has 3 aromatic carbocycles. The summed E-state index contributed by atoms with van der Waals surface area (Å²) in [4.78, 5) is 34.4.